The zero-order valence-electron chi connectivity index (χ0n) is 11.2. The molecule has 0 spiro atoms. The monoisotopic (exact) mass is 282 g/mol. The Balaban J connectivity index is 0.00000133. The van der Waals surface area contributed by atoms with E-state index in [0.29, 0.717) is 6.61 Å². The highest BCUT2D eigenvalue weighted by Gasteiger charge is 2.23. The molecule has 1 aromatic rings. The maximum Gasteiger partial charge on any atom is 0.161 e. The van der Waals surface area contributed by atoms with Gasteiger partial charge >= 0.3 is 0 Å². The van der Waals surface area contributed by atoms with Crippen LogP contribution in [0.25, 0.3) is 0 Å². The minimum Gasteiger partial charge on any atom is -1.00 e. The van der Waals surface area contributed by atoms with E-state index in [1.807, 2.05) is 24.3 Å². The Labute approximate surface area is 121 Å². The Morgan fingerprint density at radius 3 is 2.42 bits per heavy atom. The second-order valence-electron chi connectivity index (χ2n) is 5.21. The topological polar surface area (TPSA) is 21.7 Å². The van der Waals surface area contributed by atoms with Crippen molar-refractivity contribution in [3.05, 3.63) is 24.3 Å². The number of likely N-dealkylation sites (tertiary alicyclic amines) is 1. The molecule has 2 aliphatic rings. The Morgan fingerprint density at radius 2 is 1.68 bits per heavy atom. The normalized spacial score (nSPS) is 23.3. The first-order chi connectivity index (χ1) is 8.92. The minimum atomic E-state index is 0. The molecule has 1 aromatic carbocycles. The summed E-state index contributed by atoms with van der Waals surface area (Å²) >= 11 is 0. The van der Waals surface area contributed by atoms with E-state index in [-0.39, 0.29) is 18.5 Å². The third-order valence-corrected chi connectivity index (χ3v) is 3.73. The van der Waals surface area contributed by atoms with Crippen molar-refractivity contribution in [2.75, 3.05) is 26.2 Å². The van der Waals surface area contributed by atoms with Gasteiger partial charge in [0.15, 0.2) is 11.5 Å². The second kappa shape index (κ2) is 7.01. The van der Waals surface area contributed by atoms with Crippen LogP contribution in [0.2, 0.25) is 0 Å². The zero-order valence-corrected chi connectivity index (χ0v) is 11.9. The largest absolute Gasteiger partial charge is 1.00 e. The lowest BCUT2D eigenvalue weighted by Gasteiger charge is -2.30. The van der Waals surface area contributed by atoms with Crippen LogP contribution in [0, 0.1) is 0 Å². The average Bonchev–Trinajstić information content (AvgIpc) is 2.67. The van der Waals surface area contributed by atoms with Crippen molar-refractivity contribution in [2.24, 2.45) is 0 Å². The van der Waals surface area contributed by atoms with Gasteiger partial charge in [0.2, 0.25) is 0 Å². The fourth-order valence-electron chi connectivity index (χ4n) is 2.76. The molecule has 0 bridgehead atoms. The summed E-state index contributed by atoms with van der Waals surface area (Å²) in [6.45, 7) is 4.09. The molecule has 0 aliphatic carbocycles. The van der Waals surface area contributed by atoms with Crippen molar-refractivity contribution in [1.29, 1.82) is 0 Å². The van der Waals surface area contributed by atoms with Crippen LogP contribution in [0.3, 0.4) is 0 Å². The van der Waals surface area contributed by atoms with Gasteiger partial charge in [-0.1, -0.05) is 25.0 Å². The molecule has 0 aromatic heterocycles. The third-order valence-electron chi connectivity index (χ3n) is 3.73. The molecule has 0 radical (unpaired) electrons. The summed E-state index contributed by atoms with van der Waals surface area (Å²) in [6.07, 6.45) is 5.58. The molecule has 0 amide bonds. The highest BCUT2D eigenvalue weighted by molar-refractivity contribution is 5.40. The van der Waals surface area contributed by atoms with Crippen molar-refractivity contribution in [3.63, 3.8) is 0 Å². The van der Waals surface area contributed by atoms with Gasteiger partial charge in [0.05, 0.1) is 0 Å². The zero-order chi connectivity index (χ0) is 12.2. The number of ether oxygens (including phenoxy) is 2. The number of halogens is 1. The number of nitrogens with zero attached hydrogens (tertiary/aromatic N) is 1. The summed E-state index contributed by atoms with van der Waals surface area (Å²) in [7, 11) is 0. The number of benzene rings is 1. The van der Waals surface area contributed by atoms with Crippen molar-refractivity contribution >= 4 is 0 Å². The highest BCUT2D eigenvalue weighted by atomic mass is 35.5. The highest BCUT2D eigenvalue weighted by Crippen LogP contribution is 2.31. The maximum absolute atomic E-state index is 6.01. The quantitative estimate of drug-likeness (QED) is 0.744. The third kappa shape index (κ3) is 3.77. The minimum absolute atomic E-state index is 0. The molecule has 1 fully saturated rings. The van der Waals surface area contributed by atoms with Crippen molar-refractivity contribution in [3.8, 4) is 11.5 Å². The summed E-state index contributed by atoms with van der Waals surface area (Å²) in [5, 5.41) is 0. The van der Waals surface area contributed by atoms with Crippen LogP contribution in [0.15, 0.2) is 24.3 Å². The molecular formula is C15H21ClNO2-. The van der Waals surface area contributed by atoms with Gasteiger partial charge in [-0.25, -0.2) is 0 Å². The second-order valence-corrected chi connectivity index (χ2v) is 5.21. The van der Waals surface area contributed by atoms with Gasteiger partial charge in [-0.05, 0) is 38.1 Å². The van der Waals surface area contributed by atoms with E-state index in [2.05, 4.69) is 4.90 Å². The van der Waals surface area contributed by atoms with E-state index >= 15 is 0 Å². The predicted molar refractivity (Wildman–Crippen MR) is 71.3 cm³/mol. The Hall–Kier alpha value is -0.930. The summed E-state index contributed by atoms with van der Waals surface area (Å²) in [5.41, 5.74) is 0. The van der Waals surface area contributed by atoms with Gasteiger partial charge in [0.25, 0.3) is 0 Å². The summed E-state index contributed by atoms with van der Waals surface area (Å²) < 4.78 is 11.8. The van der Waals surface area contributed by atoms with Crippen LogP contribution < -0.4 is 21.9 Å². The molecule has 106 valence electrons. The van der Waals surface area contributed by atoms with Crippen LogP contribution in [0.5, 0.6) is 11.5 Å². The van der Waals surface area contributed by atoms with Crippen LogP contribution in [0.4, 0.5) is 0 Å². The number of fused-ring (bicyclic) bond motifs is 1. The van der Waals surface area contributed by atoms with Gasteiger partial charge in [-0.2, -0.15) is 0 Å². The lowest BCUT2D eigenvalue weighted by atomic mass is 10.2. The predicted octanol–water partition coefficient (Wildman–Crippen LogP) is -0.294. The Morgan fingerprint density at radius 1 is 1.00 bits per heavy atom. The molecule has 1 saturated heterocycles. The smallest absolute Gasteiger partial charge is 0.161 e. The summed E-state index contributed by atoms with van der Waals surface area (Å²) in [6, 6.07) is 7.94. The van der Waals surface area contributed by atoms with Crippen LogP contribution in [0.1, 0.15) is 25.7 Å². The molecule has 19 heavy (non-hydrogen) atoms. The molecule has 2 aliphatic heterocycles. The molecule has 1 atom stereocenters. The van der Waals surface area contributed by atoms with Crippen LogP contribution in [-0.4, -0.2) is 37.2 Å². The molecular weight excluding hydrogens is 262 g/mol. The van der Waals surface area contributed by atoms with Crippen molar-refractivity contribution in [2.45, 2.75) is 31.8 Å². The Kier molecular flexibility index (Phi) is 5.34. The van der Waals surface area contributed by atoms with E-state index in [4.69, 9.17) is 9.47 Å². The average molecular weight is 283 g/mol. The van der Waals surface area contributed by atoms with Crippen LogP contribution >= 0.6 is 0 Å². The van der Waals surface area contributed by atoms with Gasteiger partial charge < -0.3 is 21.9 Å². The first-order valence-electron chi connectivity index (χ1n) is 7.03. The fourth-order valence-corrected chi connectivity index (χ4v) is 2.76. The molecule has 4 heteroatoms. The van der Waals surface area contributed by atoms with Gasteiger partial charge in [-0.3, -0.25) is 4.90 Å². The van der Waals surface area contributed by atoms with Crippen LogP contribution in [-0.2, 0) is 0 Å². The van der Waals surface area contributed by atoms with E-state index in [1.54, 1.807) is 0 Å². The summed E-state index contributed by atoms with van der Waals surface area (Å²) in [5.74, 6) is 1.77. The molecule has 0 N–H and O–H groups in total. The molecule has 0 saturated carbocycles. The number of hydrogen-bond acceptors (Lipinski definition) is 3. The molecule has 3 rings (SSSR count). The SMILES string of the molecule is [Cl-].c1ccc2c(c1)OCC(CN1CCCCCC1)O2. The van der Waals surface area contributed by atoms with Crippen molar-refractivity contribution < 1.29 is 21.9 Å². The maximum atomic E-state index is 6.01. The standard InChI is InChI=1S/C15H21NO2.ClH/c1-2-6-10-16(9-5-1)11-13-12-17-14-7-3-4-8-15(14)18-13;/h3-4,7-8,13H,1-2,5-6,9-12H2;1H/p-1. The molecule has 3 nitrogen and oxygen atoms in total. The van der Waals surface area contributed by atoms with Gasteiger partial charge in [0, 0.05) is 6.54 Å². The van der Waals surface area contributed by atoms with Gasteiger partial charge in [-0.15, -0.1) is 0 Å². The van der Waals surface area contributed by atoms with Crippen molar-refractivity contribution in [1.82, 2.24) is 4.90 Å². The van der Waals surface area contributed by atoms with Gasteiger partial charge in [0.1, 0.15) is 12.7 Å². The Bertz CT molecular complexity index is 391. The number of para-hydroxylation sites is 2. The fraction of sp³-hybridized carbons (Fsp3) is 0.600. The first kappa shape index (κ1) is 14.5. The number of rotatable bonds is 2. The lowest BCUT2D eigenvalue weighted by Crippen LogP contribution is -3.00. The first-order valence-corrected chi connectivity index (χ1v) is 7.03. The lowest BCUT2D eigenvalue weighted by molar-refractivity contribution is -0.00000464. The van der Waals surface area contributed by atoms with E-state index in [1.165, 1.54) is 38.8 Å². The van der Waals surface area contributed by atoms with E-state index in [9.17, 15) is 0 Å². The molecule has 1 unspecified atom stereocenters. The summed E-state index contributed by atoms with van der Waals surface area (Å²) in [4.78, 5) is 2.52. The molecule has 2 heterocycles. The van der Waals surface area contributed by atoms with E-state index in [0.717, 1.165) is 18.0 Å². The van der Waals surface area contributed by atoms with E-state index < -0.39 is 0 Å². The number of hydrogen-bond donors (Lipinski definition) is 0.